The summed E-state index contributed by atoms with van der Waals surface area (Å²) >= 11 is 5.31. The number of rotatable bonds is 5. The highest BCUT2D eigenvalue weighted by molar-refractivity contribution is 7.80. The van der Waals surface area contributed by atoms with Gasteiger partial charge in [0, 0.05) is 12.0 Å². The first-order valence-electron chi connectivity index (χ1n) is 9.81. The first-order valence-corrected chi connectivity index (χ1v) is 10.2. The molecule has 1 aromatic carbocycles. The van der Waals surface area contributed by atoms with Gasteiger partial charge in [-0.05, 0) is 49.7 Å². The Labute approximate surface area is 185 Å². The van der Waals surface area contributed by atoms with Crippen molar-refractivity contribution in [2.75, 3.05) is 5.32 Å². The molecule has 2 N–H and O–H groups in total. The molecule has 0 radical (unpaired) electrons. The SMILES string of the molecule is Cc1nc(NC(=S)NC2C=CC=C(C(F)(F)F)C2)c(C)c(C)c1OCc1ccccc1. The number of anilines is 1. The van der Waals surface area contributed by atoms with Crippen LogP contribution in [0.25, 0.3) is 0 Å². The molecule has 1 heterocycles. The molecule has 1 unspecified atom stereocenters. The number of aryl methyl sites for hydroxylation is 1. The third-order valence-corrected chi connectivity index (χ3v) is 5.31. The third-order valence-electron chi connectivity index (χ3n) is 5.09. The smallest absolute Gasteiger partial charge is 0.412 e. The normalized spacial score (nSPS) is 15.9. The minimum absolute atomic E-state index is 0.182. The Morgan fingerprint density at radius 1 is 1.16 bits per heavy atom. The molecule has 0 amide bonds. The van der Waals surface area contributed by atoms with Crippen LogP contribution in [0.4, 0.5) is 19.0 Å². The maximum atomic E-state index is 12.9. The van der Waals surface area contributed by atoms with E-state index in [9.17, 15) is 13.2 Å². The molecule has 1 atom stereocenters. The molecule has 4 nitrogen and oxygen atoms in total. The average Bonchev–Trinajstić information content (AvgIpc) is 2.72. The lowest BCUT2D eigenvalue weighted by Gasteiger charge is -2.23. The molecule has 1 aliphatic carbocycles. The first-order chi connectivity index (χ1) is 14.6. The second-order valence-electron chi connectivity index (χ2n) is 7.38. The van der Waals surface area contributed by atoms with Gasteiger partial charge in [-0.2, -0.15) is 13.2 Å². The lowest BCUT2D eigenvalue weighted by Crippen LogP contribution is -2.39. The van der Waals surface area contributed by atoms with Gasteiger partial charge in [-0.25, -0.2) is 4.98 Å². The van der Waals surface area contributed by atoms with Crippen LogP contribution in [-0.2, 0) is 6.61 Å². The molecule has 8 heteroatoms. The van der Waals surface area contributed by atoms with Crippen molar-refractivity contribution in [3.8, 4) is 5.75 Å². The standard InChI is InChI=1S/C23H24F3N3OS/c1-14-15(2)21(27-16(3)20(14)30-13-17-8-5-4-6-9-17)29-22(31)28-19-11-7-10-18(12-19)23(24,25)26/h4-11,19H,12-13H2,1-3H3,(H2,27,28,29,31). The number of benzene rings is 1. The van der Waals surface area contributed by atoms with Crippen LogP contribution in [0.1, 0.15) is 28.8 Å². The van der Waals surface area contributed by atoms with Crippen LogP contribution in [0.3, 0.4) is 0 Å². The predicted molar refractivity (Wildman–Crippen MR) is 120 cm³/mol. The van der Waals surface area contributed by atoms with Gasteiger partial charge in [0.15, 0.2) is 5.11 Å². The summed E-state index contributed by atoms with van der Waals surface area (Å²) in [5.41, 5.74) is 2.95. The van der Waals surface area contributed by atoms with Gasteiger partial charge in [0.1, 0.15) is 18.2 Å². The van der Waals surface area contributed by atoms with Crippen LogP contribution in [0.5, 0.6) is 5.75 Å². The number of halogens is 3. The van der Waals surface area contributed by atoms with Crippen molar-refractivity contribution in [1.29, 1.82) is 0 Å². The van der Waals surface area contributed by atoms with Crippen molar-refractivity contribution in [2.45, 2.75) is 46.0 Å². The summed E-state index contributed by atoms with van der Waals surface area (Å²) in [4.78, 5) is 4.56. The summed E-state index contributed by atoms with van der Waals surface area (Å²) in [5, 5.41) is 6.14. The van der Waals surface area contributed by atoms with Crippen LogP contribution in [0.2, 0.25) is 0 Å². The van der Waals surface area contributed by atoms with E-state index >= 15 is 0 Å². The van der Waals surface area contributed by atoms with Crippen molar-refractivity contribution in [1.82, 2.24) is 10.3 Å². The van der Waals surface area contributed by atoms with Crippen molar-refractivity contribution >= 4 is 23.1 Å². The van der Waals surface area contributed by atoms with Gasteiger partial charge in [0.05, 0.1) is 11.7 Å². The number of alkyl halides is 3. The number of allylic oxidation sites excluding steroid dienone is 2. The fourth-order valence-corrected chi connectivity index (χ4v) is 3.53. The van der Waals surface area contributed by atoms with Gasteiger partial charge >= 0.3 is 6.18 Å². The van der Waals surface area contributed by atoms with E-state index in [1.165, 1.54) is 6.08 Å². The lowest BCUT2D eigenvalue weighted by molar-refractivity contribution is -0.0945. The number of ether oxygens (including phenoxy) is 1. The molecular formula is C23H24F3N3OS. The molecule has 31 heavy (non-hydrogen) atoms. The number of pyridine rings is 1. The van der Waals surface area contributed by atoms with Gasteiger partial charge in [-0.1, -0.05) is 48.6 Å². The molecule has 3 rings (SSSR count). The molecule has 0 fully saturated rings. The number of thiocarbonyl (C=S) groups is 1. The van der Waals surface area contributed by atoms with Crippen molar-refractivity contribution in [2.24, 2.45) is 0 Å². The number of hydrogen-bond acceptors (Lipinski definition) is 3. The molecule has 0 saturated carbocycles. The summed E-state index contributed by atoms with van der Waals surface area (Å²) in [6, 6.07) is 9.30. The second kappa shape index (κ2) is 9.51. The highest BCUT2D eigenvalue weighted by Gasteiger charge is 2.35. The largest absolute Gasteiger partial charge is 0.487 e. The van der Waals surface area contributed by atoms with Gasteiger partial charge < -0.3 is 15.4 Å². The number of aromatic nitrogens is 1. The second-order valence-corrected chi connectivity index (χ2v) is 7.79. The predicted octanol–water partition coefficient (Wildman–Crippen LogP) is 5.69. The van der Waals surface area contributed by atoms with Crippen LogP contribution in [0, 0.1) is 20.8 Å². The topological polar surface area (TPSA) is 46.2 Å². The molecule has 0 bridgehead atoms. The zero-order chi connectivity index (χ0) is 22.6. The fraction of sp³-hybridized carbons (Fsp3) is 0.304. The highest BCUT2D eigenvalue weighted by atomic mass is 32.1. The van der Waals surface area contributed by atoms with Crippen LogP contribution < -0.4 is 15.4 Å². The van der Waals surface area contributed by atoms with Crippen LogP contribution >= 0.6 is 12.2 Å². The van der Waals surface area contributed by atoms with Crippen molar-refractivity contribution < 1.29 is 17.9 Å². The molecule has 1 aliphatic rings. The summed E-state index contributed by atoms with van der Waals surface area (Å²) in [5.74, 6) is 1.26. The molecule has 1 aromatic heterocycles. The zero-order valence-electron chi connectivity index (χ0n) is 17.5. The van der Waals surface area contributed by atoms with Gasteiger partial charge in [-0.3, -0.25) is 0 Å². The Kier molecular flexibility index (Phi) is 7.00. The minimum atomic E-state index is -4.35. The molecule has 0 saturated heterocycles. The minimum Gasteiger partial charge on any atom is -0.487 e. The molecular weight excluding hydrogens is 423 g/mol. The van der Waals surface area contributed by atoms with E-state index in [0.29, 0.717) is 23.9 Å². The number of nitrogens with zero attached hydrogens (tertiary/aromatic N) is 1. The van der Waals surface area contributed by atoms with Crippen LogP contribution in [-0.4, -0.2) is 22.3 Å². The molecule has 2 aromatic rings. The average molecular weight is 448 g/mol. The number of hydrogen-bond donors (Lipinski definition) is 2. The molecule has 0 spiro atoms. The summed E-state index contributed by atoms with van der Waals surface area (Å²) < 4.78 is 44.8. The Balaban J connectivity index is 1.66. The Morgan fingerprint density at radius 3 is 2.55 bits per heavy atom. The third kappa shape index (κ3) is 5.85. The Bertz CT molecular complexity index is 1020. The van der Waals surface area contributed by atoms with E-state index in [-0.39, 0.29) is 11.5 Å². The molecule has 164 valence electrons. The quantitative estimate of drug-likeness (QED) is 0.577. The van der Waals surface area contributed by atoms with E-state index in [0.717, 1.165) is 22.8 Å². The zero-order valence-corrected chi connectivity index (χ0v) is 18.3. The maximum absolute atomic E-state index is 12.9. The number of nitrogens with one attached hydrogen (secondary N) is 2. The van der Waals surface area contributed by atoms with Gasteiger partial charge in [0.2, 0.25) is 0 Å². The summed E-state index contributed by atoms with van der Waals surface area (Å²) in [6.07, 6.45) is -0.398. The summed E-state index contributed by atoms with van der Waals surface area (Å²) in [7, 11) is 0. The Morgan fingerprint density at radius 2 is 1.87 bits per heavy atom. The lowest BCUT2D eigenvalue weighted by atomic mass is 10.0. The first kappa shape index (κ1) is 22.8. The molecule has 0 aliphatic heterocycles. The van der Waals surface area contributed by atoms with Crippen LogP contribution in [0.15, 0.2) is 54.1 Å². The maximum Gasteiger partial charge on any atom is 0.412 e. The van der Waals surface area contributed by atoms with Gasteiger partial charge in [-0.15, -0.1) is 0 Å². The van der Waals surface area contributed by atoms with E-state index in [1.54, 1.807) is 6.08 Å². The highest BCUT2D eigenvalue weighted by Crippen LogP contribution is 2.32. The van der Waals surface area contributed by atoms with Crippen molar-refractivity contribution in [3.63, 3.8) is 0 Å². The monoisotopic (exact) mass is 447 g/mol. The van der Waals surface area contributed by atoms with Crippen molar-refractivity contribution in [3.05, 3.63) is 76.5 Å². The van der Waals surface area contributed by atoms with E-state index in [1.807, 2.05) is 51.1 Å². The summed E-state index contributed by atoms with van der Waals surface area (Å²) in [6.45, 7) is 6.11. The van der Waals surface area contributed by atoms with E-state index in [2.05, 4.69) is 15.6 Å². The van der Waals surface area contributed by atoms with Gasteiger partial charge in [0.25, 0.3) is 0 Å². The van der Waals surface area contributed by atoms with E-state index in [4.69, 9.17) is 17.0 Å². The van der Waals surface area contributed by atoms with E-state index < -0.39 is 17.8 Å². The Hall–Kier alpha value is -2.87. The fourth-order valence-electron chi connectivity index (χ4n) is 3.29.